The highest BCUT2D eigenvalue weighted by Gasteiger charge is 2.32. The van der Waals surface area contributed by atoms with Gasteiger partial charge in [0, 0.05) is 17.8 Å². The van der Waals surface area contributed by atoms with Gasteiger partial charge in [-0.15, -0.1) is 0 Å². The molecule has 1 heterocycles. The van der Waals surface area contributed by atoms with Crippen molar-refractivity contribution in [3.63, 3.8) is 0 Å². The van der Waals surface area contributed by atoms with Crippen LogP contribution in [0, 0.1) is 10.1 Å². The number of urea groups is 1. The Labute approximate surface area is 258 Å². The van der Waals surface area contributed by atoms with E-state index in [1.165, 1.54) is 25.5 Å². The summed E-state index contributed by atoms with van der Waals surface area (Å²) in [6.45, 7) is 3.79. The van der Waals surface area contributed by atoms with Gasteiger partial charge in [-0.1, -0.05) is 18.2 Å². The van der Waals surface area contributed by atoms with Crippen molar-refractivity contribution in [3.8, 4) is 17.2 Å². The van der Waals surface area contributed by atoms with E-state index < -0.39 is 29.2 Å². The van der Waals surface area contributed by atoms with Gasteiger partial charge in [-0.05, 0) is 66.9 Å². The number of hydrazone groups is 1. The molecule has 3 aromatic rings. The Morgan fingerprint density at radius 1 is 1.11 bits per heavy atom. The Morgan fingerprint density at radius 3 is 2.60 bits per heavy atom. The molecule has 0 aliphatic carbocycles. The van der Waals surface area contributed by atoms with E-state index >= 15 is 0 Å². The number of nitro groups is 1. The van der Waals surface area contributed by atoms with Crippen LogP contribution in [0.1, 0.15) is 36.6 Å². The number of aliphatic hydroxyl groups excluding tert-OH is 1. The van der Waals surface area contributed by atoms with Crippen molar-refractivity contribution in [3.05, 3.63) is 105 Å². The van der Waals surface area contributed by atoms with Gasteiger partial charge in [-0.3, -0.25) is 15.5 Å². The Hall–Kier alpha value is -5.63. The molecular formula is C31H33N5O9. The van der Waals surface area contributed by atoms with Crippen molar-refractivity contribution in [2.45, 2.75) is 32.7 Å². The third-order valence-electron chi connectivity index (χ3n) is 6.52. The number of methoxy groups -OCH3 is 1. The monoisotopic (exact) mass is 619 g/mol. The largest absolute Gasteiger partial charge is 0.490 e. The van der Waals surface area contributed by atoms with Crippen LogP contribution in [-0.2, 0) is 16.1 Å². The van der Waals surface area contributed by atoms with Gasteiger partial charge < -0.3 is 34.7 Å². The van der Waals surface area contributed by atoms with Gasteiger partial charge in [-0.25, -0.2) is 9.59 Å². The molecule has 0 unspecified atom stereocenters. The lowest BCUT2D eigenvalue weighted by Gasteiger charge is -2.28. The molecule has 0 radical (unpaired) electrons. The summed E-state index contributed by atoms with van der Waals surface area (Å²) in [4.78, 5) is 34.9. The summed E-state index contributed by atoms with van der Waals surface area (Å²) in [5.74, 6) is 0.677. The van der Waals surface area contributed by atoms with E-state index in [0.717, 1.165) is 5.56 Å². The second kappa shape index (κ2) is 15.2. The average Bonchev–Trinajstić information content (AvgIpc) is 3.03. The van der Waals surface area contributed by atoms with Crippen LogP contribution in [0.5, 0.6) is 17.2 Å². The maximum absolute atomic E-state index is 12.4. The van der Waals surface area contributed by atoms with E-state index in [0.29, 0.717) is 40.7 Å². The highest BCUT2D eigenvalue weighted by atomic mass is 16.6. The van der Waals surface area contributed by atoms with Crippen LogP contribution >= 0.6 is 0 Å². The molecule has 0 spiro atoms. The molecule has 2 amide bonds. The molecule has 0 fully saturated rings. The highest BCUT2D eigenvalue weighted by molar-refractivity contribution is 5.95. The molecule has 236 valence electrons. The molecule has 4 rings (SSSR count). The minimum Gasteiger partial charge on any atom is -0.490 e. The average molecular weight is 620 g/mol. The molecule has 0 saturated heterocycles. The lowest BCUT2D eigenvalue weighted by atomic mass is 9.95. The number of nitro benzene ring substituents is 1. The molecular weight excluding hydrogens is 586 g/mol. The van der Waals surface area contributed by atoms with Gasteiger partial charge in [0.2, 0.25) is 0 Å². The first kappa shape index (κ1) is 32.3. The van der Waals surface area contributed by atoms with Crippen LogP contribution in [0.25, 0.3) is 0 Å². The lowest BCUT2D eigenvalue weighted by molar-refractivity contribution is -0.384. The maximum Gasteiger partial charge on any atom is 0.337 e. The lowest BCUT2D eigenvalue weighted by Crippen LogP contribution is -2.45. The number of carbonyl (C=O) groups is 2. The molecule has 0 aromatic heterocycles. The number of hydrogen-bond acceptors (Lipinski definition) is 11. The number of nitrogens with one attached hydrogen (secondary N) is 3. The van der Waals surface area contributed by atoms with E-state index in [1.54, 1.807) is 68.4 Å². The highest BCUT2D eigenvalue weighted by Crippen LogP contribution is 2.35. The van der Waals surface area contributed by atoms with Crippen molar-refractivity contribution in [2.75, 3.05) is 20.3 Å². The molecule has 1 aliphatic rings. The molecule has 14 nitrogen and oxygen atoms in total. The number of rotatable bonds is 14. The number of allylic oxidation sites excluding steroid dienone is 1. The maximum atomic E-state index is 12.4. The number of ether oxygens (including phenoxy) is 4. The summed E-state index contributed by atoms with van der Waals surface area (Å²) in [5, 5.41) is 30.6. The van der Waals surface area contributed by atoms with Crippen molar-refractivity contribution in [1.29, 1.82) is 0 Å². The van der Waals surface area contributed by atoms with Gasteiger partial charge >= 0.3 is 12.0 Å². The predicted molar refractivity (Wildman–Crippen MR) is 163 cm³/mol. The topological polar surface area (TPSA) is 183 Å². The predicted octanol–water partition coefficient (Wildman–Crippen LogP) is 3.69. The third-order valence-corrected chi connectivity index (χ3v) is 6.52. The number of non-ortho nitro benzene ring substituents is 1. The van der Waals surface area contributed by atoms with Crippen LogP contribution in [0.4, 0.5) is 10.5 Å². The first-order chi connectivity index (χ1) is 21.7. The number of carbonyl (C=O) groups excluding carboxylic acids is 2. The van der Waals surface area contributed by atoms with E-state index in [1.807, 2.05) is 0 Å². The van der Waals surface area contributed by atoms with Crippen molar-refractivity contribution >= 4 is 23.9 Å². The molecule has 3 aromatic carbocycles. The Kier molecular flexibility index (Phi) is 10.9. The zero-order valence-electron chi connectivity index (χ0n) is 24.8. The van der Waals surface area contributed by atoms with E-state index in [-0.39, 0.29) is 24.5 Å². The van der Waals surface area contributed by atoms with Crippen molar-refractivity contribution in [2.24, 2.45) is 5.10 Å². The zero-order valence-corrected chi connectivity index (χ0v) is 24.8. The summed E-state index contributed by atoms with van der Waals surface area (Å²) in [7, 11) is 1.26. The van der Waals surface area contributed by atoms with Gasteiger partial charge in [0.05, 0.1) is 36.5 Å². The van der Waals surface area contributed by atoms with Crippen LogP contribution in [0.2, 0.25) is 0 Å². The van der Waals surface area contributed by atoms with Crippen LogP contribution in [-0.4, -0.2) is 54.8 Å². The van der Waals surface area contributed by atoms with E-state index in [9.17, 15) is 24.8 Å². The number of benzene rings is 3. The minimum atomic E-state index is -1.17. The number of hydrogen-bond donors (Lipinski definition) is 4. The second-order valence-electron chi connectivity index (χ2n) is 9.70. The molecule has 14 heteroatoms. The summed E-state index contributed by atoms with van der Waals surface area (Å²) >= 11 is 0. The van der Waals surface area contributed by atoms with Crippen LogP contribution < -0.4 is 30.3 Å². The fourth-order valence-corrected chi connectivity index (χ4v) is 4.39. The molecule has 4 N–H and O–H groups in total. The normalized spacial score (nSPS) is 15.1. The van der Waals surface area contributed by atoms with Gasteiger partial charge in [0.15, 0.2) is 17.7 Å². The van der Waals surface area contributed by atoms with Gasteiger partial charge in [-0.2, -0.15) is 5.10 Å². The first-order valence-corrected chi connectivity index (χ1v) is 13.9. The van der Waals surface area contributed by atoms with Crippen LogP contribution in [0.15, 0.2) is 83.1 Å². The van der Waals surface area contributed by atoms with E-state index in [4.69, 9.17) is 18.9 Å². The van der Waals surface area contributed by atoms with Gasteiger partial charge in [0.25, 0.3) is 5.69 Å². The fourth-order valence-electron chi connectivity index (χ4n) is 4.39. The SMILES string of the molecule is CCOc1cc([C@H]2NC(=O)NC(C)=C2C(=O)OC)ccc1OC[C@@H](O)N/N=C/c1cccc(OCc2ccc([N+](=O)[O-])cc2)c1. The first-order valence-electron chi connectivity index (χ1n) is 13.9. The van der Waals surface area contributed by atoms with Crippen molar-refractivity contribution < 1.29 is 38.6 Å². The number of esters is 1. The second-order valence-corrected chi connectivity index (χ2v) is 9.70. The summed E-state index contributed by atoms with van der Waals surface area (Å²) < 4.78 is 22.2. The third kappa shape index (κ3) is 8.70. The Bertz CT molecular complexity index is 1590. The number of aliphatic hydroxyl groups is 1. The quantitative estimate of drug-likeness (QED) is 0.0683. The summed E-state index contributed by atoms with van der Waals surface area (Å²) in [6, 6.07) is 16.9. The summed E-state index contributed by atoms with van der Waals surface area (Å²) in [6.07, 6.45) is 0.335. The minimum absolute atomic E-state index is 0.0110. The molecule has 45 heavy (non-hydrogen) atoms. The molecule has 2 atom stereocenters. The Balaban J connectivity index is 1.34. The van der Waals surface area contributed by atoms with Crippen LogP contribution in [0.3, 0.4) is 0 Å². The van der Waals surface area contributed by atoms with Crippen molar-refractivity contribution in [1.82, 2.24) is 16.1 Å². The fraction of sp³-hybridized carbons (Fsp3) is 0.258. The molecule has 0 bridgehead atoms. The molecule has 0 saturated carbocycles. The zero-order chi connectivity index (χ0) is 32.3. The summed E-state index contributed by atoms with van der Waals surface area (Å²) in [5.41, 5.74) is 5.29. The molecule has 1 aliphatic heterocycles. The Morgan fingerprint density at radius 2 is 1.89 bits per heavy atom. The smallest absolute Gasteiger partial charge is 0.337 e. The van der Waals surface area contributed by atoms with E-state index in [2.05, 4.69) is 21.2 Å². The number of nitrogens with zero attached hydrogens (tertiary/aromatic N) is 2. The number of amides is 2. The van der Waals surface area contributed by atoms with Gasteiger partial charge in [0.1, 0.15) is 19.0 Å². The standard InChI is InChI=1S/C31H33N5O9/c1-4-43-26-15-22(29-28(30(38)42-3)19(2)33-31(39)34-29)10-13-25(26)45-18-27(37)35-32-16-21-6-5-7-24(14-21)44-17-20-8-11-23(12-9-20)36(40)41/h5-16,27,29,35,37H,4,17-18H2,1-3H3,(H2,33,34,39)/b32-16+/t27-,29-/m1/s1.